The van der Waals surface area contributed by atoms with Crippen molar-refractivity contribution < 1.29 is 19.1 Å². The number of hydrogen-bond donors (Lipinski definition) is 0. The second kappa shape index (κ2) is 17.6. The number of carbonyl (C=O) groups is 2. The van der Waals surface area contributed by atoms with Gasteiger partial charge in [-0.15, -0.1) is 0 Å². The molecule has 0 atom stereocenters. The number of ether oxygens (including phenoxy) is 2. The zero-order valence-corrected chi connectivity index (χ0v) is 17.4. The Bertz CT molecular complexity index is 572. The fraction of sp³-hybridized carbons (Fsp3) is 0.652. The van der Waals surface area contributed by atoms with Crippen molar-refractivity contribution in [3.63, 3.8) is 0 Å². The van der Waals surface area contributed by atoms with Gasteiger partial charge in [0, 0.05) is 0 Å². The van der Waals surface area contributed by atoms with Crippen molar-refractivity contribution in [1.82, 2.24) is 0 Å². The summed E-state index contributed by atoms with van der Waals surface area (Å²) in [6, 6.07) is 5.15. The van der Waals surface area contributed by atoms with Crippen molar-refractivity contribution in [1.29, 1.82) is 0 Å². The van der Waals surface area contributed by atoms with Crippen molar-refractivity contribution >= 4 is 63.3 Å². The van der Waals surface area contributed by atoms with Gasteiger partial charge in [0.05, 0.1) is 24.3 Å². The molecule has 0 radical (unpaired) electrons. The summed E-state index contributed by atoms with van der Waals surface area (Å²) in [6.07, 6.45) is 10.2. The van der Waals surface area contributed by atoms with E-state index in [1.54, 1.807) is 18.2 Å². The topological polar surface area (TPSA) is 52.6 Å². The Morgan fingerprint density at radius 2 is 1.32 bits per heavy atom. The average Bonchev–Trinajstić information content (AvgIpc) is 2.67. The number of aryl methyl sites for hydroxylation is 1. The minimum absolute atomic E-state index is 0. The van der Waals surface area contributed by atoms with E-state index in [-0.39, 0.29) is 63.3 Å². The third kappa shape index (κ3) is 11.1. The molecular formula is C23H37KO4. The third-order valence-corrected chi connectivity index (χ3v) is 4.54. The molecule has 1 aromatic rings. The monoisotopic (exact) mass is 416 g/mol. The Kier molecular flexibility index (Phi) is 17.5. The molecule has 0 spiro atoms. The molecule has 0 aliphatic heterocycles. The van der Waals surface area contributed by atoms with Crippen LogP contribution < -0.4 is 0 Å². The van der Waals surface area contributed by atoms with Crippen LogP contribution in [0.1, 0.15) is 105 Å². The predicted octanol–water partition coefficient (Wildman–Crippen LogP) is 5.46. The molecule has 0 saturated heterocycles. The fourth-order valence-electron chi connectivity index (χ4n) is 2.94. The third-order valence-electron chi connectivity index (χ3n) is 4.54. The predicted molar refractivity (Wildman–Crippen MR) is 116 cm³/mol. The number of unbranched alkanes of at least 4 members (excludes halogenated alkanes) is 6. The van der Waals surface area contributed by atoms with Crippen LogP contribution in [0.5, 0.6) is 0 Å². The van der Waals surface area contributed by atoms with E-state index in [1.165, 1.54) is 0 Å². The summed E-state index contributed by atoms with van der Waals surface area (Å²) in [5, 5.41) is 0. The molecule has 1 aromatic carbocycles. The van der Waals surface area contributed by atoms with Gasteiger partial charge in [0.1, 0.15) is 0 Å². The first-order valence-electron chi connectivity index (χ1n) is 10.6. The molecule has 0 aliphatic rings. The molecule has 0 amide bonds. The first-order chi connectivity index (χ1) is 13.1. The Hall–Kier alpha value is -0.204. The molecule has 0 fully saturated rings. The summed E-state index contributed by atoms with van der Waals surface area (Å²) in [4.78, 5) is 24.6. The molecule has 0 unspecified atom stereocenters. The van der Waals surface area contributed by atoms with Crippen LogP contribution in [0.3, 0.4) is 0 Å². The summed E-state index contributed by atoms with van der Waals surface area (Å²) >= 11 is 0. The average molecular weight is 417 g/mol. The number of carbonyl (C=O) groups excluding carboxylic acids is 2. The summed E-state index contributed by atoms with van der Waals surface area (Å²) in [7, 11) is 0. The van der Waals surface area contributed by atoms with E-state index in [1.807, 2.05) is 0 Å². The van der Waals surface area contributed by atoms with E-state index in [0.717, 1.165) is 69.8 Å². The van der Waals surface area contributed by atoms with E-state index < -0.39 is 0 Å². The molecule has 0 bridgehead atoms. The molecular weight excluding hydrogens is 379 g/mol. The molecule has 154 valence electrons. The maximum absolute atomic E-state index is 12.4. The molecule has 0 N–H and O–H groups in total. The number of rotatable bonds is 14. The fourth-order valence-corrected chi connectivity index (χ4v) is 2.94. The van der Waals surface area contributed by atoms with Crippen molar-refractivity contribution in [2.24, 2.45) is 0 Å². The van der Waals surface area contributed by atoms with Gasteiger partial charge in [-0.2, -0.15) is 0 Å². The van der Waals surface area contributed by atoms with E-state index in [2.05, 4.69) is 20.8 Å². The van der Waals surface area contributed by atoms with Gasteiger partial charge in [0.15, 0.2) is 0 Å². The summed E-state index contributed by atoms with van der Waals surface area (Å²) in [5.41, 5.74) is 1.93. The zero-order valence-electron chi connectivity index (χ0n) is 17.4. The second-order valence-electron chi connectivity index (χ2n) is 7.02. The van der Waals surface area contributed by atoms with Gasteiger partial charge in [0.25, 0.3) is 0 Å². The van der Waals surface area contributed by atoms with Crippen LogP contribution in [0, 0.1) is 0 Å². The Balaban J connectivity index is 0.00000729. The first kappa shape index (κ1) is 27.8. The second-order valence-corrected chi connectivity index (χ2v) is 7.02. The van der Waals surface area contributed by atoms with Crippen LogP contribution in [0.15, 0.2) is 18.2 Å². The van der Waals surface area contributed by atoms with Gasteiger partial charge in [0.2, 0.25) is 0 Å². The van der Waals surface area contributed by atoms with Gasteiger partial charge < -0.3 is 9.47 Å². The molecule has 0 aliphatic carbocycles. The molecule has 4 nitrogen and oxygen atoms in total. The van der Waals surface area contributed by atoms with Crippen LogP contribution in [0.2, 0.25) is 0 Å². The van der Waals surface area contributed by atoms with Crippen LogP contribution in [-0.4, -0.2) is 76.5 Å². The summed E-state index contributed by atoms with van der Waals surface area (Å²) in [6.45, 7) is 7.26. The first-order valence-corrected chi connectivity index (χ1v) is 10.6. The van der Waals surface area contributed by atoms with E-state index in [0.29, 0.717) is 24.3 Å². The molecule has 28 heavy (non-hydrogen) atoms. The van der Waals surface area contributed by atoms with Crippen LogP contribution in [-0.2, 0) is 15.9 Å². The molecule has 0 aromatic heterocycles. The van der Waals surface area contributed by atoms with Crippen LogP contribution in [0.25, 0.3) is 0 Å². The number of benzene rings is 1. The van der Waals surface area contributed by atoms with Crippen molar-refractivity contribution in [3.8, 4) is 0 Å². The Labute approximate surface area is 213 Å². The maximum atomic E-state index is 12.4. The summed E-state index contributed by atoms with van der Waals surface area (Å²) in [5.74, 6) is -0.613. The Morgan fingerprint density at radius 1 is 0.750 bits per heavy atom. The number of hydrogen-bond acceptors (Lipinski definition) is 4. The molecule has 1 rings (SSSR count). The van der Waals surface area contributed by atoms with Crippen molar-refractivity contribution in [3.05, 3.63) is 34.9 Å². The molecule has 0 heterocycles. The van der Waals surface area contributed by atoms with Crippen LogP contribution in [0.4, 0.5) is 0 Å². The molecule has 0 saturated carbocycles. The summed E-state index contributed by atoms with van der Waals surface area (Å²) < 4.78 is 10.8. The number of esters is 2. The minimum atomic E-state index is -0.316. The van der Waals surface area contributed by atoms with Crippen molar-refractivity contribution in [2.75, 3.05) is 13.2 Å². The van der Waals surface area contributed by atoms with Gasteiger partial charge in [-0.3, -0.25) is 0 Å². The Morgan fingerprint density at radius 3 is 1.86 bits per heavy atom. The van der Waals surface area contributed by atoms with E-state index >= 15 is 0 Å². The molecule has 5 heteroatoms. The normalized spacial score (nSPS) is 10.2. The van der Waals surface area contributed by atoms with E-state index in [4.69, 9.17) is 9.47 Å². The van der Waals surface area contributed by atoms with Crippen molar-refractivity contribution in [2.45, 2.75) is 85.0 Å². The standard InChI is InChI=1S/C23H36O4.K.H/c1-4-7-9-11-16-26-22(24)20-14-15-21(19(18-20)13-6-3)23(25)27-17-12-10-8-5-2;;/h14-15,18H,4-13,16-17H2,1-3H3;;. The van der Waals surface area contributed by atoms with Gasteiger partial charge in [-0.05, 0) is 43.0 Å². The van der Waals surface area contributed by atoms with Gasteiger partial charge in [-0.25, -0.2) is 9.59 Å². The van der Waals surface area contributed by atoms with Gasteiger partial charge in [-0.1, -0.05) is 65.7 Å². The van der Waals surface area contributed by atoms with Crippen LogP contribution >= 0.6 is 0 Å². The SMILES string of the molecule is CCCCCCOC(=O)c1ccc(C(=O)OCCCCCC)c(CCC)c1.[KH]. The quantitative estimate of drug-likeness (QED) is 0.229. The zero-order chi connectivity index (χ0) is 19.9. The van der Waals surface area contributed by atoms with E-state index in [9.17, 15) is 9.59 Å². The van der Waals surface area contributed by atoms with Gasteiger partial charge >= 0.3 is 63.3 Å².